The average molecular weight is 337 g/mol. The topological polar surface area (TPSA) is 86.7 Å². The molecule has 1 aliphatic carbocycles. The van der Waals surface area contributed by atoms with Crippen molar-refractivity contribution in [2.45, 2.75) is 26.7 Å². The van der Waals surface area contributed by atoms with Gasteiger partial charge in [-0.2, -0.15) is 0 Å². The van der Waals surface area contributed by atoms with Gasteiger partial charge in [-0.05, 0) is 18.2 Å². The Morgan fingerprint density at radius 2 is 1.39 bits per heavy atom. The monoisotopic (exact) mass is 336 g/mol. The van der Waals surface area contributed by atoms with E-state index in [1.807, 2.05) is 0 Å². The minimum atomic E-state index is -0.734. The number of rotatable bonds is 4. The second-order valence-electron chi connectivity index (χ2n) is 4.66. The quantitative estimate of drug-likeness (QED) is 0.786. The molecule has 120 valence electrons. The molecule has 1 aromatic rings. The van der Waals surface area contributed by atoms with Crippen LogP contribution in [0, 0.1) is 0 Å². The summed E-state index contributed by atoms with van der Waals surface area (Å²) in [5.74, 6) is -4.04. The van der Waals surface area contributed by atoms with Crippen LogP contribution in [0.25, 0.3) is 0 Å². The van der Waals surface area contributed by atoms with Gasteiger partial charge in [0.15, 0.2) is 0 Å². The van der Waals surface area contributed by atoms with Gasteiger partial charge in [-0.25, -0.2) is 0 Å². The summed E-state index contributed by atoms with van der Waals surface area (Å²) in [5, 5.41) is 0.250. The lowest BCUT2D eigenvalue weighted by Crippen LogP contribution is -2.27. The van der Waals surface area contributed by atoms with E-state index in [0.717, 1.165) is 0 Å². The van der Waals surface area contributed by atoms with Crippen LogP contribution in [0.1, 0.15) is 47.4 Å². The van der Waals surface area contributed by atoms with Crippen molar-refractivity contribution in [1.82, 2.24) is 0 Å². The van der Waals surface area contributed by atoms with Gasteiger partial charge in [-0.15, -0.1) is 0 Å². The maximum absolute atomic E-state index is 12.5. The second kappa shape index (κ2) is 6.75. The number of halogens is 1. The molecule has 0 aliphatic heterocycles. The summed E-state index contributed by atoms with van der Waals surface area (Å²) in [6.45, 7) is 3.06. The molecule has 0 bridgehead atoms. The fourth-order valence-electron chi connectivity index (χ4n) is 1.91. The van der Waals surface area contributed by atoms with Crippen LogP contribution in [0.5, 0.6) is 0 Å². The minimum absolute atomic E-state index is 0.00213. The van der Waals surface area contributed by atoms with Crippen LogP contribution in [0.15, 0.2) is 29.7 Å². The van der Waals surface area contributed by atoms with Crippen molar-refractivity contribution in [3.8, 4) is 0 Å². The Kier molecular flexibility index (Phi) is 4.95. The van der Waals surface area contributed by atoms with E-state index in [0.29, 0.717) is 0 Å². The third-order valence-corrected chi connectivity index (χ3v) is 3.33. The summed E-state index contributed by atoms with van der Waals surface area (Å²) in [6.07, 6.45) is -0.0180. The van der Waals surface area contributed by atoms with Gasteiger partial charge in [0.25, 0.3) is 0 Å². The molecule has 7 heteroatoms. The van der Waals surface area contributed by atoms with Gasteiger partial charge in [0.2, 0.25) is 23.1 Å². The average Bonchev–Trinajstić information content (AvgIpc) is 2.54. The lowest BCUT2D eigenvalue weighted by atomic mass is 9.92. The highest BCUT2D eigenvalue weighted by Gasteiger charge is 2.37. The van der Waals surface area contributed by atoms with E-state index in [1.54, 1.807) is 0 Å². The molecule has 0 aromatic heterocycles. The SMILES string of the molecule is CCC(=O)OC1=C(OC(=O)CC)C(=O)c2cc(Cl)ccc2C1=O. The number of hydrogen-bond acceptors (Lipinski definition) is 6. The molecule has 1 aliphatic rings. The normalized spacial score (nSPS) is 13.7. The number of esters is 2. The Hall–Kier alpha value is -2.47. The highest BCUT2D eigenvalue weighted by molar-refractivity contribution is 6.32. The molecule has 0 fully saturated rings. The summed E-state index contributed by atoms with van der Waals surface area (Å²) in [4.78, 5) is 48.0. The number of allylic oxidation sites excluding steroid dienone is 2. The van der Waals surface area contributed by atoms with Crippen molar-refractivity contribution in [3.05, 3.63) is 45.9 Å². The first-order valence-corrected chi connectivity index (χ1v) is 7.31. The molecule has 0 saturated carbocycles. The van der Waals surface area contributed by atoms with Crippen molar-refractivity contribution < 1.29 is 28.7 Å². The predicted molar refractivity (Wildman–Crippen MR) is 79.9 cm³/mol. The van der Waals surface area contributed by atoms with Crippen molar-refractivity contribution >= 4 is 35.1 Å². The molecule has 1 aromatic carbocycles. The van der Waals surface area contributed by atoms with Crippen LogP contribution < -0.4 is 0 Å². The van der Waals surface area contributed by atoms with Gasteiger partial charge in [-0.1, -0.05) is 25.4 Å². The van der Waals surface area contributed by atoms with Gasteiger partial charge in [0.05, 0.1) is 0 Å². The molecule has 0 N–H and O–H groups in total. The lowest BCUT2D eigenvalue weighted by Gasteiger charge is -2.19. The Morgan fingerprint density at radius 1 is 0.913 bits per heavy atom. The van der Waals surface area contributed by atoms with E-state index in [2.05, 4.69) is 0 Å². The Labute approximate surface area is 137 Å². The summed E-state index contributed by atoms with van der Waals surface area (Å²) < 4.78 is 9.86. The summed E-state index contributed by atoms with van der Waals surface area (Å²) in [5.41, 5.74) is 0.0345. The van der Waals surface area contributed by atoms with Crippen LogP contribution in [0.3, 0.4) is 0 Å². The van der Waals surface area contributed by atoms with E-state index in [-0.39, 0.29) is 29.0 Å². The van der Waals surface area contributed by atoms with E-state index in [4.69, 9.17) is 21.1 Å². The maximum atomic E-state index is 12.5. The Balaban J connectivity index is 2.58. The minimum Gasteiger partial charge on any atom is -0.418 e. The van der Waals surface area contributed by atoms with E-state index in [1.165, 1.54) is 32.0 Å². The van der Waals surface area contributed by atoms with E-state index in [9.17, 15) is 19.2 Å². The van der Waals surface area contributed by atoms with Crippen molar-refractivity contribution in [2.75, 3.05) is 0 Å². The first kappa shape index (κ1) is 16.9. The summed E-state index contributed by atoms with van der Waals surface area (Å²) in [6, 6.07) is 4.10. The van der Waals surface area contributed by atoms with Gasteiger partial charge < -0.3 is 9.47 Å². The molecule has 2 rings (SSSR count). The van der Waals surface area contributed by atoms with Crippen LogP contribution in [-0.2, 0) is 19.1 Å². The van der Waals surface area contributed by atoms with Gasteiger partial charge >= 0.3 is 11.9 Å². The molecular weight excluding hydrogens is 324 g/mol. The number of hydrogen-bond donors (Lipinski definition) is 0. The highest BCUT2D eigenvalue weighted by atomic mass is 35.5. The summed E-state index contributed by atoms with van der Waals surface area (Å²) >= 11 is 5.84. The maximum Gasteiger partial charge on any atom is 0.311 e. The molecular formula is C16H13ClO6. The summed E-state index contributed by atoms with van der Waals surface area (Å²) in [7, 11) is 0. The Bertz CT molecular complexity index is 747. The number of carbonyl (C=O) groups is 4. The molecule has 0 spiro atoms. The van der Waals surface area contributed by atoms with Crippen LogP contribution in [-0.4, -0.2) is 23.5 Å². The van der Waals surface area contributed by atoms with Crippen LogP contribution in [0.4, 0.5) is 0 Å². The van der Waals surface area contributed by atoms with E-state index < -0.39 is 35.0 Å². The fraction of sp³-hybridized carbons (Fsp3) is 0.250. The molecule has 0 atom stereocenters. The third kappa shape index (κ3) is 3.32. The zero-order valence-electron chi connectivity index (χ0n) is 12.5. The Morgan fingerprint density at radius 3 is 1.87 bits per heavy atom. The first-order valence-electron chi connectivity index (χ1n) is 6.93. The first-order chi connectivity index (χ1) is 10.9. The van der Waals surface area contributed by atoms with Crippen molar-refractivity contribution in [1.29, 1.82) is 0 Å². The molecule has 0 radical (unpaired) electrons. The second-order valence-corrected chi connectivity index (χ2v) is 5.10. The van der Waals surface area contributed by atoms with Gasteiger partial charge in [-0.3, -0.25) is 19.2 Å². The number of benzene rings is 1. The van der Waals surface area contributed by atoms with Crippen molar-refractivity contribution in [3.63, 3.8) is 0 Å². The van der Waals surface area contributed by atoms with Gasteiger partial charge in [0, 0.05) is 29.0 Å². The third-order valence-electron chi connectivity index (χ3n) is 3.10. The van der Waals surface area contributed by atoms with Crippen molar-refractivity contribution in [2.24, 2.45) is 0 Å². The number of ketones is 2. The van der Waals surface area contributed by atoms with E-state index >= 15 is 0 Å². The smallest absolute Gasteiger partial charge is 0.311 e. The molecule has 0 unspecified atom stereocenters. The highest BCUT2D eigenvalue weighted by Crippen LogP contribution is 2.30. The fourth-order valence-corrected chi connectivity index (χ4v) is 2.08. The zero-order chi connectivity index (χ0) is 17.1. The zero-order valence-corrected chi connectivity index (χ0v) is 13.2. The molecule has 6 nitrogen and oxygen atoms in total. The number of fused-ring (bicyclic) bond motifs is 1. The molecule has 0 heterocycles. The standard InChI is InChI=1S/C16H13ClO6/c1-3-11(18)22-15-13(20)9-6-5-8(17)7-10(9)14(21)16(15)23-12(19)4-2/h5-7H,3-4H2,1-2H3. The largest absolute Gasteiger partial charge is 0.418 e. The molecule has 0 amide bonds. The predicted octanol–water partition coefficient (Wildman–Crippen LogP) is 2.84. The number of carbonyl (C=O) groups excluding carboxylic acids is 4. The molecule has 23 heavy (non-hydrogen) atoms. The molecule has 0 saturated heterocycles. The van der Waals surface area contributed by atoms with Crippen LogP contribution >= 0.6 is 11.6 Å². The lowest BCUT2D eigenvalue weighted by molar-refractivity contribution is -0.142. The number of Topliss-reactive ketones (excluding diaryl/α,β-unsaturated/α-hetero) is 2. The number of ether oxygens (including phenoxy) is 2. The van der Waals surface area contributed by atoms with Gasteiger partial charge in [0.1, 0.15) is 0 Å². The van der Waals surface area contributed by atoms with Crippen LogP contribution in [0.2, 0.25) is 5.02 Å².